The smallest absolute Gasteiger partial charge is 0.221 e. The molecule has 0 fully saturated rings. The van der Waals surface area contributed by atoms with Crippen molar-refractivity contribution in [1.82, 2.24) is 19.9 Å². The second kappa shape index (κ2) is 4.81. The lowest BCUT2D eigenvalue weighted by Crippen LogP contribution is -1.98. The predicted octanol–water partition coefficient (Wildman–Crippen LogP) is 2.18. The first-order valence-corrected chi connectivity index (χ1v) is 5.78. The molecule has 5 heteroatoms. The molecule has 0 bridgehead atoms. The normalized spacial score (nSPS) is 10.3. The van der Waals surface area contributed by atoms with Crippen LogP contribution < -0.4 is 5.73 Å². The summed E-state index contributed by atoms with van der Waals surface area (Å²) in [5, 5.41) is 0. The van der Waals surface area contributed by atoms with Crippen molar-refractivity contribution in [3.63, 3.8) is 0 Å². The molecule has 3 rings (SSSR count). The summed E-state index contributed by atoms with van der Waals surface area (Å²) in [6.45, 7) is 0. The van der Waals surface area contributed by atoms with Gasteiger partial charge in [-0.3, -0.25) is 9.97 Å². The predicted molar refractivity (Wildman–Crippen MR) is 72.9 cm³/mol. The van der Waals surface area contributed by atoms with Crippen molar-refractivity contribution in [3.8, 4) is 22.5 Å². The monoisotopic (exact) mass is 249 g/mol. The van der Waals surface area contributed by atoms with Crippen LogP contribution in [0.3, 0.4) is 0 Å². The van der Waals surface area contributed by atoms with Crippen LogP contribution in [0.4, 0.5) is 5.95 Å². The Hall–Kier alpha value is -2.82. The number of anilines is 1. The van der Waals surface area contributed by atoms with Gasteiger partial charge in [0.25, 0.3) is 0 Å². The fourth-order valence-corrected chi connectivity index (χ4v) is 1.81. The first kappa shape index (κ1) is 11.3. The Morgan fingerprint density at radius 1 is 0.684 bits per heavy atom. The summed E-state index contributed by atoms with van der Waals surface area (Å²) >= 11 is 0. The molecule has 2 N–H and O–H groups in total. The topological polar surface area (TPSA) is 77.6 Å². The second-order valence-corrected chi connectivity index (χ2v) is 3.97. The zero-order valence-electron chi connectivity index (χ0n) is 10.1. The van der Waals surface area contributed by atoms with E-state index in [1.54, 1.807) is 24.8 Å². The summed E-state index contributed by atoms with van der Waals surface area (Å²) in [5.74, 6) is 0.251. The van der Waals surface area contributed by atoms with Gasteiger partial charge in [0, 0.05) is 35.9 Å². The number of rotatable bonds is 2. The number of nitrogens with zero attached hydrogens (tertiary/aromatic N) is 4. The summed E-state index contributed by atoms with van der Waals surface area (Å²) in [4.78, 5) is 16.5. The standard InChI is InChI=1S/C14H11N5/c15-14-18-12(10-1-5-16-6-2-10)9-13(19-14)11-3-7-17-8-4-11/h1-9H,(H2,15,18,19). The molecule has 0 spiro atoms. The van der Waals surface area contributed by atoms with Crippen LogP contribution in [0.25, 0.3) is 22.5 Å². The molecule has 0 aliphatic rings. The van der Waals surface area contributed by atoms with Crippen molar-refractivity contribution in [1.29, 1.82) is 0 Å². The largest absolute Gasteiger partial charge is 0.368 e. The molecule has 0 unspecified atom stereocenters. The molecule has 92 valence electrons. The van der Waals surface area contributed by atoms with Gasteiger partial charge in [0.2, 0.25) is 5.95 Å². The van der Waals surface area contributed by atoms with Crippen LogP contribution in [0, 0.1) is 0 Å². The zero-order valence-corrected chi connectivity index (χ0v) is 10.1. The molecule has 0 amide bonds. The molecule has 5 nitrogen and oxygen atoms in total. The molecule has 3 heterocycles. The third kappa shape index (κ3) is 2.40. The summed E-state index contributed by atoms with van der Waals surface area (Å²) in [6, 6.07) is 9.45. The van der Waals surface area contributed by atoms with E-state index in [4.69, 9.17) is 5.73 Å². The van der Waals surface area contributed by atoms with Gasteiger partial charge in [0.15, 0.2) is 0 Å². The molecule has 0 aliphatic carbocycles. The van der Waals surface area contributed by atoms with Gasteiger partial charge in [-0.15, -0.1) is 0 Å². The van der Waals surface area contributed by atoms with Crippen LogP contribution in [-0.2, 0) is 0 Å². The maximum absolute atomic E-state index is 5.78. The highest BCUT2D eigenvalue weighted by Crippen LogP contribution is 2.23. The van der Waals surface area contributed by atoms with E-state index in [0.29, 0.717) is 0 Å². The van der Waals surface area contributed by atoms with E-state index in [9.17, 15) is 0 Å². The highest BCUT2D eigenvalue weighted by Gasteiger charge is 2.06. The van der Waals surface area contributed by atoms with E-state index in [-0.39, 0.29) is 5.95 Å². The van der Waals surface area contributed by atoms with Crippen molar-refractivity contribution in [3.05, 3.63) is 55.1 Å². The van der Waals surface area contributed by atoms with Gasteiger partial charge in [-0.1, -0.05) is 0 Å². The molecular weight excluding hydrogens is 238 g/mol. The van der Waals surface area contributed by atoms with E-state index in [0.717, 1.165) is 22.5 Å². The second-order valence-electron chi connectivity index (χ2n) is 3.97. The van der Waals surface area contributed by atoms with Gasteiger partial charge in [-0.05, 0) is 30.3 Å². The fraction of sp³-hybridized carbons (Fsp3) is 0. The number of pyridine rings is 2. The van der Waals surface area contributed by atoms with Gasteiger partial charge in [0.05, 0.1) is 11.4 Å². The maximum atomic E-state index is 5.78. The minimum Gasteiger partial charge on any atom is -0.368 e. The van der Waals surface area contributed by atoms with Crippen molar-refractivity contribution < 1.29 is 0 Å². The highest BCUT2D eigenvalue weighted by atomic mass is 15.0. The molecule has 0 atom stereocenters. The first-order chi connectivity index (χ1) is 9.33. The van der Waals surface area contributed by atoms with Gasteiger partial charge >= 0.3 is 0 Å². The Bertz CT molecular complexity index is 625. The van der Waals surface area contributed by atoms with Gasteiger partial charge in [-0.2, -0.15) is 0 Å². The molecule has 0 saturated carbocycles. The number of hydrogen-bond donors (Lipinski definition) is 1. The zero-order chi connectivity index (χ0) is 13.1. The number of nitrogen functional groups attached to an aromatic ring is 1. The Morgan fingerprint density at radius 2 is 1.11 bits per heavy atom. The Balaban J connectivity index is 2.12. The molecule has 0 aromatic carbocycles. The number of hydrogen-bond acceptors (Lipinski definition) is 5. The average molecular weight is 249 g/mol. The van der Waals surface area contributed by atoms with Crippen molar-refractivity contribution in [2.75, 3.05) is 5.73 Å². The van der Waals surface area contributed by atoms with E-state index >= 15 is 0 Å². The van der Waals surface area contributed by atoms with E-state index in [2.05, 4.69) is 19.9 Å². The van der Waals surface area contributed by atoms with Gasteiger partial charge < -0.3 is 5.73 Å². The molecule has 3 aromatic rings. The average Bonchev–Trinajstić information content (AvgIpc) is 2.48. The maximum Gasteiger partial charge on any atom is 0.221 e. The summed E-state index contributed by atoms with van der Waals surface area (Å²) < 4.78 is 0. The van der Waals surface area contributed by atoms with Gasteiger partial charge in [-0.25, -0.2) is 9.97 Å². The first-order valence-electron chi connectivity index (χ1n) is 5.78. The molecular formula is C14H11N5. The lowest BCUT2D eigenvalue weighted by Gasteiger charge is -2.05. The molecule has 0 aliphatic heterocycles. The molecule has 0 radical (unpaired) electrons. The fourth-order valence-electron chi connectivity index (χ4n) is 1.81. The SMILES string of the molecule is Nc1nc(-c2ccncc2)cc(-c2ccncc2)n1. The van der Waals surface area contributed by atoms with Crippen LogP contribution >= 0.6 is 0 Å². The Labute approximate surface area is 110 Å². The summed E-state index contributed by atoms with van der Waals surface area (Å²) in [6.07, 6.45) is 6.89. The van der Waals surface area contributed by atoms with E-state index in [1.807, 2.05) is 30.3 Å². The van der Waals surface area contributed by atoms with Crippen LogP contribution in [0.5, 0.6) is 0 Å². The Kier molecular flexibility index (Phi) is 2.86. The third-order valence-electron chi connectivity index (χ3n) is 2.70. The van der Waals surface area contributed by atoms with Gasteiger partial charge in [0.1, 0.15) is 0 Å². The quantitative estimate of drug-likeness (QED) is 0.753. The van der Waals surface area contributed by atoms with Crippen molar-refractivity contribution >= 4 is 5.95 Å². The molecule has 19 heavy (non-hydrogen) atoms. The third-order valence-corrected chi connectivity index (χ3v) is 2.70. The minimum atomic E-state index is 0.251. The van der Waals surface area contributed by atoms with Crippen molar-refractivity contribution in [2.24, 2.45) is 0 Å². The highest BCUT2D eigenvalue weighted by molar-refractivity contribution is 5.68. The summed E-state index contributed by atoms with van der Waals surface area (Å²) in [5.41, 5.74) is 9.25. The number of nitrogens with two attached hydrogens (primary N) is 1. The van der Waals surface area contributed by atoms with E-state index in [1.165, 1.54) is 0 Å². The minimum absolute atomic E-state index is 0.251. The summed E-state index contributed by atoms with van der Waals surface area (Å²) in [7, 11) is 0. The molecule has 3 aromatic heterocycles. The molecule has 0 saturated heterocycles. The lowest BCUT2D eigenvalue weighted by molar-refractivity contribution is 1.18. The Morgan fingerprint density at radius 3 is 1.53 bits per heavy atom. The van der Waals surface area contributed by atoms with Crippen LogP contribution in [0.1, 0.15) is 0 Å². The van der Waals surface area contributed by atoms with Crippen LogP contribution in [-0.4, -0.2) is 19.9 Å². The number of aromatic nitrogens is 4. The van der Waals surface area contributed by atoms with E-state index < -0.39 is 0 Å². The van der Waals surface area contributed by atoms with Crippen LogP contribution in [0.2, 0.25) is 0 Å². The van der Waals surface area contributed by atoms with Crippen LogP contribution in [0.15, 0.2) is 55.1 Å². The lowest BCUT2D eigenvalue weighted by atomic mass is 10.1. The van der Waals surface area contributed by atoms with Crippen molar-refractivity contribution in [2.45, 2.75) is 0 Å².